The van der Waals surface area contributed by atoms with E-state index in [-0.39, 0.29) is 0 Å². The van der Waals surface area contributed by atoms with Crippen molar-refractivity contribution in [3.05, 3.63) is 58.1 Å². The summed E-state index contributed by atoms with van der Waals surface area (Å²) >= 11 is 3.36. The van der Waals surface area contributed by atoms with Crippen LogP contribution in [0.15, 0.2) is 51.8 Å². The topological polar surface area (TPSA) is 37.4 Å². The molecule has 2 aromatic carbocycles. The van der Waals surface area contributed by atoms with Gasteiger partial charge >= 0.3 is 0 Å². The zero-order chi connectivity index (χ0) is 15.0. The summed E-state index contributed by atoms with van der Waals surface area (Å²) in [5.74, 6) is 0. The Hall–Kier alpha value is -1.33. The molecule has 1 heterocycles. The quantitative estimate of drug-likeness (QED) is 0.809. The molecule has 0 fully saturated rings. The molecular formula is C16H16BrNO2S. The number of aryl methyl sites for hydroxylation is 2. The molecule has 0 saturated carbocycles. The highest BCUT2D eigenvalue weighted by atomic mass is 79.9. The number of nitrogens with zero attached hydrogens (tertiary/aromatic N) is 1. The van der Waals surface area contributed by atoms with Gasteiger partial charge in [0, 0.05) is 11.0 Å². The average molecular weight is 366 g/mol. The Bertz CT molecular complexity index is 787. The van der Waals surface area contributed by atoms with Crippen LogP contribution in [0.3, 0.4) is 0 Å². The van der Waals surface area contributed by atoms with Crippen LogP contribution in [0.2, 0.25) is 0 Å². The van der Waals surface area contributed by atoms with Crippen molar-refractivity contribution in [2.24, 2.45) is 0 Å². The third-order valence-electron chi connectivity index (χ3n) is 3.79. The van der Waals surface area contributed by atoms with Crippen molar-refractivity contribution in [2.75, 3.05) is 10.8 Å². The molecule has 0 saturated heterocycles. The Morgan fingerprint density at radius 3 is 2.71 bits per heavy atom. The minimum Gasteiger partial charge on any atom is -0.266 e. The van der Waals surface area contributed by atoms with E-state index in [0.29, 0.717) is 11.4 Å². The summed E-state index contributed by atoms with van der Waals surface area (Å²) in [6.07, 6.45) is 1.78. The lowest BCUT2D eigenvalue weighted by Crippen LogP contribution is -2.35. The minimum absolute atomic E-state index is 0.369. The minimum atomic E-state index is -3.53. The van der Waals surface area contributed by atoms with Crippen LogP contribution in [0.25, 0.3) is 0 Å². The summed E-state index contributed by atoms with van der Waals surface area (Å²) in [7, 11) is -3.53. The van der Waals surface area contributed by atoms with E-state index in [0.717, 1.165) is 34.1 Å². The predicted molar refractivity (Wildman–Crippen MR) is 88.2 cm³/mol. The molecule has 21 heavy (non-hydrogen) atoms. The molecule has 0 unspecified atom stereocenters. The lowest BCUT2D eigenvalue weighted by Gasteiger charge is -2.31. The second-order valence-corrected chi connectivity index (χ2v) is 7.97. The van der Waals surface area contributed by atoms with Crippen LogP contribution in [0.5, 0.6) is 0 Å². The molecule has 0 atom stereocenters. The molecular weight excluding hydrogens is 350 g/mol. The van der Waals surface area contributed by atoms with E-state index < -0.39 is 10.0 Å². The molecule has 0 bridgehead atoms. The Labute approximate surface area is 133 Å². The number of rotatable bonds is 2. The molecule has 0 spiro atoms. The monoisotopic (exact) mass is 365 g/mol. The van der Waals surface area contributed by atoms with Crippen molar-refractivity contribution in [1.82, 2.24) is 0 Å². The molecule has 0 aromatic heterocycles. The normalized spacial score (nSPS) is 14.9. The van der Waals surface area contributed by atoms with Crippen LogP contribution < -0.4 is 4.31 Å². The van der Waals surface area contributed by atoms with Gasteiger partial charge in [0.25, 0.3) is 10.0 Å². The molecule has 3 rings (SSSR count). The summed E-state index contributed by atoms with van der Waals surface area (Å²) in [6.45, 7) is 2.36. The standard InChI is InChI=1S/C16H16BrNO2S/c1-12-8-9-14(17)11-16(12)21(19,20)18-10-4-6-13-5-2-3-7-15(13)18/h2-3,5,7-9,11H,4,6,10H2,1H3. The van der Waals surface area contributed by atoms with E-state index in [1.165, 1.54) is 0 Å². The highest BCUT2D eigenvalue weighted by Crippen LogP contribution is 2.33. The summed E-state index contributed by atoms with van der Waals surface area (Å²) < 4.78 is 28.4. The number of benzene rings is 2. The van der Waals surface area contributed by atoms with Crippen LogP contribution in [0, 0.1) is 6.92 Å². The molecule has 0 radical (unpaired) electrons. The fourth-order valence-corrected chi connectivity index (χ4v) is 5.03. The Morgan fingerprint density at radius 2 is 1.90 bits per heavy atom. The first-order valence-corrected chi connectivity index (χ1v) is 9.10. The first-order valence-electron chi connectivity index (χ1n) is 6.87. The molecule has 0 N–H and O–H groups in total. The lowest BCUT2D eigenvalue weighted by molar-refractivity contribution is 0.586. The number of para-hydroxylation sites is 1. The molecule has 5 heteroatoms. The number of halogens is 1. The largest absolute Gasteiger partial charge is 0.266 e. The maximum Gasteiger partial charge on any atom is 0.264 e. The van der Waals surface area contributed by atoms with E-state index in [4.69, 9.17) is 0 Å². The molecule has 110 valence electrons. The fourth-order valence-electron chi connectivity index (χ4n) is 2.72. The van der Waals surface area contributed by atoms with Crippen molar-refractivity contribution in [1.29, 1.82) is 0 Å². The van der Waals surface area contributed by atoms with Gasteiger partial charge in [-0.25, -0.2) is 8.42 Å². The maximum absolute atomic E-state index is 13.0. The zero-order valence-electron chi connectivity index (χ0n) is 11.7. The van der Waals surface area contributed by atoms with Gasteiger partial charge in [-0.3, -0.25) is 4.31 Å². The number of hydrogen-bond acceptors (Lipinski definition) is 2. The second-order valence-electron chi connectivity index (χ2n) is 5.22. The van der Waals surface area contributed by atoms with Crippen LogP contribution in [-0.2, 0) is 16.4 Å². The van der Waals surface area contributed by atoms with Gasteiger partial charge in [0.2, 0.25) is 0 Å². The molecule has 0 aliphatic carbocycles. The highest BCUT2D eigenvalue weighted by molar-refractivity contribution is 9.10. The van der Waals surface area contributed by atoms with Gasteiger partial charge in [-0.15, -0.1) is 0 Å². The van der Waals surface area contributed by atoms with Gasteiger partial charge in [-0.05, 0) is 49.1 Å². The van der Waals surface area contributed by atoms with Crippen molar-refractivity contribution in [3.63, 3.8) is 0 Å². The Balaban J connectivity index is 2.14. The highest BCUT2D eigenvalue weighted by Gasteiger charge is 2.30. The average Bonchev–Trinajstić information content (AvgIpc) is 2.49. The molecule has 1 aliphatic rings. The van der Waals surface area contributed by atoms with E-state index in [1.807, 2.05) is 43.3 Å². The molecule has 0 amide bonds. The number of anilines is 1. The maximum atomic E-state index is 13.0. The van der Waals surface area contributed by atoms with Gasteiger partial charge in [0.1, 0.15) is 0 Å². The van der Waals surface area contributed by atoms with Gasteiger partial charge < -0.3 is 0 Å². The second kappa shape index (κ2) is 5.46. The molecule has 2 aromatic rings. The predicted octanol–water partition coefficient (Wildman–Crippen LogP) is 3.90. The van der Waals surface area contributed by atoms with E-state index in [2.05, 4.69) is 15.9 Å². The van der Waals surface area contributed by atoms with Crippen LogP contribution in [-0.4, -0.2) is 15.0 Å². The SMILES string of the molecule is Cc1ccc(Br)cc1S(=O)(=O)N1CCCc2ccccc21. The smallest absolute Gasteiger partial charge is 0.264 e. The van der Waals surface area contributed by atoms with Gasteiger partial charge in [-0.1, -0.05) is 40.2 Å². The zero-order valence-corrected chi connectivity index (χ0v) is 14.1. The first-order chi connectivity index (χ1) is 10.00. The summed E-state index contributed by atoms with van der Waals surface area (Å²) in [4.78, 5) is 0.369. The third kappa shape index (κ3) is 2.60. The van der Waals surface area contributed by atoms with Gasteiger partial charge in [0.05, 0.1) is 10.6 Å². The van der Waals surface area contributed by atoms with Crippen LogP contribution >= 0.6 is 15.9 Å². The Morgan fingerprint density at radius 1 is 1.14 bits per heavy atom. The van der Waals surface area contributed by atoms with E-state index >= 15 is 0 Å². The Kier molecular flexibility index (Phi) is 3.80. The van der Waals surface area contributed by atoms with E-state index in [1.54, 1.807) is 10.4 Å². The first kappa shape index (κ1) is 14.6. The van der Waals surface area contributed by atoms with Crippen LogP contribution in [0.4, 0.5) is 5.69 Å². The van der Waals surface area contributed by atoms with Gasteiger partial charge in [-0.2, -0.15) is 0 Å². The number of fused-ring (bicyclic) bond motifs is 1. The number of hydrogen-bond donors (Lipinski definition) is 0. The van der Waals surface area contributed by atoms with Crippen molar-refractivity contribution < 1.29 is 8.42 Å². The summed E-state index contributed by atoms with van der Waals surface area (Å²) in [6, 6.07) is 13.1. The fraction of sp³-hybridized carbons (Fsp3) is 0.250. The molecule has 1 aliphatic heterocycles. The van der Waals surface area contributed by atoms with E-state index in [9.17, 15) is 8.42 Å². The molecule has 3 nitrogen and oxygen atoms in total. The third-order valence-corrected chi connectivity index (χ3v) is 6.23. The summed E-state index contributed by atoms with van der Waals surface area (Å²) in [5.41, 5.74) is 2.67. The number of sulfonamides is 1. The lowest BCUT2D eigenvalue weighted by atomic mass is 10.0. The van der Waals surface area contributed by atoms with Crippen molar-refractivity contribution >= 4 is 31.6 Å². The van der Waals surface area contributed by atoms with Crippen molar-refractivity contribution in [2.45, 2.75) is 24.7 Å². The van der Waals surface area contributed by atoms with Crippen molar-refractivity contribution in [3.8, 4) is 0 Å². The van der Waals surface area contributed by atoms with Crippen LogP contribution in [0.1, 0.15) is 17.5 Å². The summed E-state index contributed by atoms with van der Waals surface area (Å²) in [5, 5.41) is 0. The van der Waals surface area contributed by atoms with Gasteiger partial charge in [0.15, 0.2) is 0 Å².